The van der Waals surface area contributed by atoms with E-state index in [1.807, 2.05) is 6.07 Å². The molecule has 3 aromatic rings. The Bertz CT molecular complexity index is 1000. The van der Waals surface area contributed by atoms with Crippen LogP contribution in [0.1, 0.15) is 21.5 Å². The number of pyridine rings is 1. The average molecular weight is 377 g/mol. The van der Waals surface area contributed by atoms with Crippen molar-refractivity contribution in [3.05, 3.63) is 71.5 Å². The van der Waals surface area contributed by atoms with Crippen molar-refractivity contribution in [2.45, 2.75) is 13.8 Å². The zero-order chi connectivity index (χ0) is 20.1. The Morgan fingerprint density at radius 2 is 1.71 bits per heavy atom. The normalized spacial score (nSPS) is 10.3. The summed E-state index contributed by atoms with van der Waals surface area (Å²) in [5.41, 5.74) is 5.09. The fourth-order valence-electron chi connectivity index (χ4n) is 2.71. The maximum atomic E-state index is 12.7. The molecule has 3 rings (SSSR count). The van der Waals surface area contributed by atoms with Gasteiger partial charge in [-0.2, -0.15) is 0 Å². The molecular formula is C22H23N3O3. The number of rotatable bonds is 6. The maximum Gasteiger partial charge on any atom is 0.257 e. The minimum Gasteiger partial charge on any atom is -0.497 e. The van der Waals surface area contributed by atoms with Gasteiger partial charge in [0, 0.05) is 18.0 Å². The van der Waals surface area contributed by atoms with Gasteiger partial charge in [-0.15, -0.1) is 0 Å². The van der Waals surface area contributed by atoms with Gasteiger partial charge in [-0.25, -0.2) is 0 Å². The zero-order valence-corrected chi connectivity index (χ0v) is 16.4. The summed E-state index contributed by atoms with van der Waals surface area (Å²) in [5.74, 6) is 0.890. The lowest BCUT2D eigenvalue weighted by molar-refractivity contribution is 0.102. The molecule has 2 aromatic carbocycles. The summed E-state index contributed by atoms with van der Waals surface area (Å²) in [5, 5.41) is 6.13. The molecule has 0 aliphatic carbocycles. The van der Waals surface area contributed by atoms with E-state index in [1.54, 1.807) is 44.7 Å². The highest BCUT2D eigenvalue weighted by atomic mass is 16.5. The van der Waals surface area contributed by atoms with Gasteiger partial charge in [0.1, 0.15) is 11.5 Å². The van der Waals surface area contributed by atoms with Crippen LogP contribution in [0.15, 0.2) is 54.9 Å². The molecule has 6 nitrogen and oxygen atoms in total. The van der Waals surface area contributed by atoms with Crippen LogP contribution in [-0.4, -0.2) is 25.1 Å². The van der Waals surface area contributed by atoms with Gasteiger partial charge in [0.25, 0.3) is 5.91 Å². The van der Waals surface area contributed by atoms with Gasteiger partial charge in [-0.05, 0) is 55.3 Å². The lowest BCUT2D eigenvalue weighted by Crippen LogP contribution is -2.13. The van der Waals surface area contributed by atoms with Gasteiger partial charge < -0.3 is 20.1 Å². The number of carbonyl (C=O) groups excluding carboxylic acids is 1. The summed E-state index contributed by atoms with van der Waals surface area (Å²) in [7, 11) is 3.12. The van der Waals surface area contributed by atoms with E-state index >= 15 is 0 Å². The first-order valence-electron chi connectivity index (χ1n) is 8.83. The first-order chi connectivity index (χ1) is 13.5. The summed E-state index contributed by atoms with van der Waals surface area (Å²) in [4.78, 5) is 16.9. The van der Waals surface area contributed by atoms with Crippen molar-refractivity contribution < 1.29 is 14.3 Å². The summed E-state index contributed by atoms with van der Waals surface area (Å²) < 4.78 is 10.5. The molecule has 0 radical (unpaired) electrons. The van der Waals surface area contributed by atoms with Gasteiger partial charge >= 0.3 is 0 Å². The van der Waals surface area contributed by atoms with Crippen LogP contribution in [0.4, 0.5) is 17.1 Å². The molecule has 1 aromatic heterocycles. The van der Waals surface area contributed by atoms with Crippen LogP contribution in [-0.2, 0) is 0 Å². The van der Waals surface area contributed by atoms with Gasteiger partial charge in [0.2, 0.25) is 0 Å². The number of anilines is 3. The van der Waals surface area contributed by atoms with Crippen molar-refractivity contribution in [1.82, 2.24) is 4.98 Å². The molecule has 6 heteroatoms. The van der Waals surface area contributed by atoms with E-state index in [1.165, 1.54) is 17.3 Å². The smallest absolute Gasteiger partial charge is 0.257 e. The van der Waals surface area contributed by atoms with Gasteiger partial charge in [0.05, 0.1) is 37.4 Å². The molecule has 1 amide bonds. The predicted molar refractivity (Wildman–Crippen MR) is 111 cm³/mol. The fourth-order valence-corrected chi connectivity index (χ4v) is 2.71. The van der Waals surface area contributed by atoms with E-state index in [2.05, 4.69) is 41.6 Å². The third kappa shape index (κ3) is 4.40. The van der Waals surface area contributed by atoms with Crippen LogP contribution in [0.3, 0.4) is 0 Å². The molecule has 0 saturated carbocycles. The molecular weight excluding hydrogens is 354 g/mol. The standard InChI is InChI=1S/C22H23N3O3/c1-14-5-6-17(9-15(14)2)24-18-10-16(12-23-13-18)22(26)25-20-8-7-19(27-3)11-21(20)28-4/h5-13,24H,1-4H3,(H,25,26). The lowest BCUT2D eigenvalue weighted by atomic mass is 10.1. The molecule has 28 heavy (non-hydrogen) atoms. The number of methoxy groups -OCH3 is 2. The molecule has 0 aliphatic rings. The van der Waals surface area contributed by atoms with Crippen LogP contribution in [0.2, 0.25) is 0 Å². The first kappa shape index (κ1) is 19.2. The third-order valence-electron chi connectivity index (χ3n) is 4.45. The van der Waals surface area contributed by atoms with E-state index in [4.69, 9.17) is 9.47 Å². The van der Waals surface area contributed by atoms with Crippen molar-refractivity contribution in [3.8, 4) is 11.5 Å². The average Bonchev–Trinajstić information content (AvgIpc) is 2.71. The SMILES string of the molecule is COc1ccc(NC(=O)c2cncc(Nc3ccc(C)c(C)c3)c2)c(OC)c1. The highest BCUT2D eigenvalue weighted by Crippen LogP contribution is 2.29. The van der Waals surface area contributed by atoms with E-state index in [-0.39, 0.29) is 5.91 Å². The van der Waals surface area contributed by atoms with E-state index < -0.39 is 0 Å². The summed E-state index contributed by atoms with van der Waals surface area (Å²) >= 11 is 0. The molecule has 0 bridgehead atoms. The van der Waals surface area contributed by atoms with Crippen molar-refractivity contribution in [2.24, 2.45) is 0 Å². The van der Waals surface area contributed by atoms with Crippen molar-refractivity contribution >= 4 is 23.0 Å². The second kappa shape index (κ2) is 8.43. The van der Waals surface area contributed by atoms with Gasteiger partial charge in [0.15, 0.2) is 0 Å². The van der Waals surface area contributed by atoms with E-state index in [9.17, 15) is 4.79 Å². The van der Waals surface area contributed by atoms with Crippen LogP contribution in [0, 0.1) is 13.8 Å². The number of hydrogen-bond acceptors (Lipinski definition) is 5. The quantitative estimate of drug-likeness (QED) is 0.651. The van der Waals surface area contributed by atoms with Crippen molar-refractivity contribution in [1.29, 1.82) is 0 Å². The molecule has 2 N–H and O–H groups in total. The highest BCUT2D eigenvalue weighted by molar-refractivity contribution is 6.05. The molecule has 0 fully saturated rings. The number of ether oxygens (including phenoxy) is 2. The zero-order valence-electron chi connectivity index (χ0n) is 16.4. The Labute approximate surface area is 164 Å². The Morgan fingerprint density at radius 3 is 2.43 bits per heavy atom. The van der Waals surface area contributed by atoms with Crippen LogP contribution < -0.4 is 20.1 Å². The van der Waals surface area contributed by atoms with Crippen LogP contribution in [0.25, 0.3) is 0 Å². The lowest BCUT2D eigenvalue weighted by Gasteiger charge is -2.12. The van der Waals surface area contributed by atoms with Gasteiger partial charge in [-0.3, -0.25) is 9.78 Å². The summed E-state index contributed by atoms with van der Waals surface area (Å²) in [6, 6.07) is 13.1. The number of nitrogens with zero attached hydrogens (tertiary/aromatic N) is 1. The van der Waals surface area contributed by atoms with Crippen LogP contribution >= 0.6 is 0 Å². The molecule has 0 atom stereocenters. The Morgan fingerprint density at radius 1 is 0.893 bits per heavy atom. The number of benzene rings is 2. The number of nitrogens with one attached hydrogen (secondary N) is 2. The second-order valence-electron chi connectivity index (χ2n) is 6.41. The number of amides is 1. The molecule has 0 aliphatic heterocycles. The van der Waals surface area contributed by atoms with E-state index in [0.29, 0.717) is 22.7 Å². The summed E-state index contributed by atoms with van der Waals surface area (Å²) in [6.07, 6.45) is 3.21. The topological polar surface area (TPSA) is 72.5 Å². The largest absolute Gasteiger partial charge is 0.497 e. The molecule has 0 unspecified atom stereocenters. The number of aromatic nitrogens is 1. The molecule has 0 saturated heterocycles. The number of aryl methyl sites for hydroxylation is 2. The monoisotopic (exact) mass is 377 g/mol. The maximum absolute atomic E-state index is 12.7. The number of carbonyl (C=O) groups is 1. The highest BCUT2D eigenvalue weighted by Gasteiger charge is 2.12. The minimum absolute atomic E-state index is 0.278. The van der Waals surface area contributed by atoms with E-state index in [0.717, 1.165) is 11.4 Å². The summed E-state index contributed by atoms with van der Waals surface area (Å²) in [6.45, 7) is 4.13. The van der Waals surface area contributed by atoms with Gasteiger partial charge in [-0.1, -0.05) is 6.07 Å². The molecule has 0 spiro atoms. The second-order valence-corrected chi connectivity index (χ2v) is 6.41. The Hall–Kier alpha value is -3.54. The molecule has 1 heterocycles. The Kier molecular flexibility index (Phi) is 5.79. The number of hydrogen-bond donors (Lipinski definition) is 2. The van der Waals surface area contributed by atoms with Crippen molar-refractivity contribution in [3.63, 3.8) is 0 Å². The predicted octanol–water partition coefficient (Wildman–Crippen LogP) is 4.71. The fraction of sp³-hybridized carbons (Fsp3) is 0.182. The van der Waals surface area contributed by atoms with Crippen LogP contribution in [0.5, 0.6) is 11.5 Å². The Balaban J connectivity index is 1.78. The van der Waals surface area contributed by atoms with Crippen molar-refractivity contribution in [2.75, 3.05) is 24.9 Å². The minimum atomic E-state index is -0.278. The molecule has 144 valence electrons. The first-order valence-corrected chi connectivity index (χ1v) is 8.83. The third-order valence-corrected chi connectivity index (χ3v) is 4.45.